The number of alkyl halides is 2. The molecule has 5 nitrogen and oxygen atoms in total. The average Bonchev–Trinajstić information content (AvgIpc) is 2.18. The number of ketones is 1. The van der Waals surface area contributed by atoms with Crippen LogP contribution >= 0.6 is 0 Å². The third-order valence-electron chi connectivity index (χ3n) is 2.09. The molecule has 0 fully saturated rings. The predicted molar refractivity (Wildman–Crippen MR) is 54.5 cm³/mol. The molecule has 0 aliphatic rings. The monoisotopic (exact) mass is 245 g/mol. The van der Waals surface area contributed by atoms with E-state index in [1.807, 2.05) is 0 Å². The topological polar surface area (TPSA) is 69.4 Å². The summed E-state index contributed by atoms with van der Waals surface area (Å²) in [5.41, 5.74) is -0.729. The molecule has 7 heteroatoms. The van der Waals surface area contributed by atoms with E-state index in [0.717, 1.165) is 13.0 Å². The molecule has 0 aliphatic carbocycles. The first-order valence-corrected chi connectivity index (χ1v) is 4.58. The van der Waals surface area contributed by atoms with E-state index in [2.05, 4.69) is 4.74 Å². The molecule has 0 amide bonds. The first kappa shape index (κ1) is 13.0. The molecule has 0 saturated carbocycles. The number of Topliss-reactive ketones (excluding diaryl/α,β-unsaturated/α-hetero) is 1. The molecule has 0 heterocycles. The van der Waals surface area contributed by atoms with Crippen molar-refractivity contribution in [3.63, 3.8) is 0 Å². The molecular weight excluding hydrogens is 236 g/mol. The molecule has 0 aliphatic heterocycles. The van der Waals surface area contributed by atoms with Gasteiger partial charge in [-0.3, -0.25) is 14.9 Å². The summed E-state index contributed by atoms with van der Waals surface area (Å²) in [6.07, 6.45) is 0. The smallest absolute Gasteiger partial charge is 0.387 e. The van der Waals surface area contributed by atoms with Gasteiger partial charge in [0.15, 0.2) is 5.78 Å². The van der Waals surface area contributed by atoms with Gasteiger partial charge in [-0.05, 0) is 26.0 Å². The highest BCUT2D eigenvalue weighted by Crippen LogP contribution is 2.32. The van der Waals surface area contributed by atoms with Gasteiger partial charge in [0, 0.05) is 5.56 Å². The number of ether oxygens (including phenoxy) is 1. The molecule has 0 saturated heterocycles. The Kier molecular flexibility index (Phi) is 3.72. The van der Waals surface area contributed by atoms with Crippen molar-refractivity contribution in [1.29, 1.82) is 0 Å². The maximum Gasteiger partial charge on any atom is 0.387 e. The van der Waals surface area contributed by atoms with E-state index in [0.29, 0.717) is 0 Å². The summed E-state index contributed by atoms with van der Waals surface area (Å²) < 4.78 is 28.3. The highest BCUT2D eigenvalue weighted by Gasteiger charge is 2.26. The molecule has 0 unspecified atom stereocenters. The van der Waals surface area contributed by atoms with Crippen molar-refractivity contribution >= 4 is 11.5 Å². The van der Waals surface area contributed by atoms with Crippen LogP contribution in [0.4, 0.5) is 14.5 Å². The highest BCUT2D eigenvalue weighted by atomic mass is 19.3. The fourth-order valence-corrected chi connectivity index (χ4v) is 1.45. The Labute approximate surface area is 95.2 Å². The fourth-order valence-electron chi connectivity index (χ4n) is 1.45. The zero-order chi connectivity index (χ0) is 13.2. The second-order valence-corrected chi connectivity index (χ2v) is 3.30. The lowest BCUT2D eigenvalue weighted by molar-refractivity contribution is -0.385. The number of hydrogen-bond acceptors (Lipinski definition) is 4. The molecule has 1 rings (SSSR count). The van der Waals surface area contributed by atoms with Crippen LogP contribution in [0, 0.1) is 17.0 Å². The summed E-state index contributed by atoms with van der Waals surface area (Å²) in [5.74, 6) is -1.18. The second kappa shape index (κ2) is 4.86. The number of carbonyl (C=O) groups excluding carboxylic acids is 1. The van der Waals surface area contributed by atoms with Crippen molar-refractivity contribution in [3.8, 4) is 5.75 Å². The molecule has 0 radical (unpaired) electrons. The Morgan fingerprint density at radius 1 is 1.47 bits per heavy atom. The van der Waals surface area contributed by atoms with Crippen LogP contribution in [0.3, 0.4) is 0 Å². The number of nitro benzene ring substituents is 1. The molecule has 0 spiro atoms. The summed E-state index contributed by atoms with van der Waals surface area (Å²) in [7, 11) is 0. The Balaban J connectivity index is 3.47. The molecule has 0 aromatic heterocycles. The van der Waals surface area contributed by atoms with Gasteiger partial charge in [-0.1, -0.05) is 0 Å². The Morgan fingerprint density at radius 2 is 2.06 bits per heavy atom. The first-order chi connectivity index (χ1) is 7.84. The van der Waals surface area contributed by atoms with Gasteiger partial charge in [-0.25, -0.2) is 0 Å². The third-order valence-corrected chi connectivity index (χ3v) is 2.09. The second-order valence-electron chi connectivity index (χ2n) is 3.30. The van der Waals surface area contributed by atoms with Crippen LogP contribution in [-0.4, -0.2) is 17.3 Å². The van der Waals surface area contributed by atoms with Crippen molar-refractivity contribution < 1.29 is 23.2 Å². The van der Waals surface area contributed by atoms with E-state index in [1.54, 1.807) is 0 Å². The van der Waals surface area contributed by atoms with Crippen LogP contribution in [-0.2, 0) is 0 Å². The van der Waals surface area contributed by atoms with Crippen LogP contribution < -0.4 is 4.74 Å². The zero-order valence-corrected chi connectivity index (χ0v) is 9.07. The lowest BCUT2D eigenvalue weighted by Crippen LogP contribution is -2.09. The number of halogens is 2. The summed E-state index contributed by atoms with van der Waals surface area (Å²) in [5, 5.41) is 10.8. The normalized spacial score (nSPS) is 10.4. The molecule has 1 aromatic rings. The van der Waals surface area contributed by atoms with Crippen LogP contribution in [0.2, 0.25) is 0 Å². The quantitative estimate of drug-likeness (QED) is 0.464. The molecule has 92 valence electrons. The lowest BCUT2D eigenvalue weighted by Gasteiger charge is -2.10. The molecule has 1 aromatic carbocycles. The fraction of sp³-hybridized carbons (Fsp3) is 0.300. The van der Waals surface area contributed by atoms with E-state index in [4.69, 9.17) is 0 Å². The Bertz CT molecular complexity index is 474. The van der Waals surface area contributed by atoms with Crippen molar-refractivity contribution in [2.45, 2.75) is 20.5 Å². The minimum absolute atomic E-state index is 0.210. The predicted octanol–water partition coefficient (Wildman–Crippen LogP) is 2.71. The van der Waals surface area contributed by atoms with Gasteiger partial charge in [0.05, 0.1) is 4.92 Å². The minimum Gasteiger partial charge on any atom is -0.434 e. The van der Waals surface area contributed by atoms with Gasteiger partial charge in [0.25, 0.3) is 5.69 Å². The van der Waals surface area contributed by atoms with E-state index in [9.17, 15) is 23.7 Å². The number of nitrogens with zero attached hydrogens (tertiary/aromatic N) is 1. The number of carbonyl (C=O) groups is 1. The van der Waals surface area contributed by atoms with Gasteiger partial charge in [0.1, 0.15) is 11.3 Å². The van der Waals surface area contributed by atoms with E-state index >= 15 is 0 Å². The highest BCUT2D eigenvalue weighted by molar-refractivity contribution is 6.01. The van der Waals surface area contributed by atoms with E-state index in [1.165, 1.54) is 13.0 Å². The Morgan fingerprint density at radius 3 is 2.47 bits per heavy atom. The van der Waals surface area contributed by atoms with Crippen molar-refractivity contribution in [2.75, 3.05) is 0 Å². The number of aryl methyl sites for hydroxylation is 1. The van der Waals surface area contributed by atoms with Crippen LogP contribution in [0.5, 0.6) is 5.75 Å². The van der Waals surface area contributed by atoms with E-state index < -0.39 is 34.3 Å². The maximum absolute atomic E-state index is 12.1. The van der Waals surface area contributed by atoms with Crippen molar-refractivity contribution in [2.24, 2.45) is 0 Å². The summed E-state index contributed by atoms with van der Waals surface area (Å²) in [6.45, 7) is -0.674. The molecular formula is C10H9F2NO4. The van der Waals surface area contributed by atoms with Gasteiger partial charge >= 0.3 is 6.61 Å². The SMILES string of the molecule is CC(=O)c1c(OC(F)F)ccc(C)c1[N+](=O)[O-]. The van der Waals surface area contributed by atoms with Gasteiger partial charge in [-0.2, -0.15) is 8.78 Å². The Hall–Kier alpha value is -2.05. The van der Waals surface area contributed by atoms with Crippen molar-refractivity contribution in [1.82, 2.24) is 0 Å². The third kappa shape index (κ3) is 2.74. The summed E-state index contributed by atoms with van der Waals surface area (Å²) in [6, 6.07) is 2.37. The van der Waals surface area contributed by atoms with Gasteiger partial charge < -0.3 is 4.74 Å². The molecule has 0 N–H and O–H groups in total. The number of nitro groups is 1. The van der Waals surface area contributed by atoms with Crippen molar-refractivity contribution in [3.05, 3.63) is 33.4 Å². The number of rotatable bonds is 4. The minimum atomic E-state index is -3.14. The standard InChI is InChI=1S/C10H9F2NO4/c1-5-3-4-7(17-10(11)12)8(6(2)14)9(5)13(15)16/h3-4,10H,1-2H3. The van der Waals surface area contributed by atoms with Crippen LogP contribution in [0.25, 0.3) is 0 Å². The largest absolute Gasteiger partial charge is 0.434 e. The number of hydrogen-bond donors (Lipinski definition) is 0. The summed E-state index contributed by atoms with van der Waals surface area (Å²) in [4.78, 5) is 21.3. The summed E-state index contributed by atoms with van der Waals surface area (Å²) >= 11 is 0. The van der Waals surface area contributed by atoms with Crippen LogP contribution in [0.15, 0.2) is 12.1 Å². The first-order valence-electron chi connectivity index (χ1n) is 4.58. The van der Waals surface area contributed by atoms with E-state index in [-0.39, 0.29) is 5.56 Å². The number of benzene rings is 1. The van der Waals surface area contributed by atoms with Gasteiger partial charge in [0.2, 0.25) is 0 Å². The zero-order valence-electron chi connectivity index (χ0n) is 9.07. The average molecular weight is 245 g/mol. The molecule has 17 heavy (non-hydrogen) atoms. The maximum atomic E-state index is 12.1. The molecule has 0 bridgehead atoms. The van der Waals surface area contributed by atoms with Gasteiger partial charge in [-0.15, -0.1) is 0 Å². The lowest BCUT2D eigenvalue weighted by atomic mass is 10.0. The molecule has 0 atom stereocenters. The van der Waals surface area contributed by atoms with Crippen LogP contribution in [0.1, 0.15) is 22.8 Å².